The number of aromatic nitrogens is 4. The van der Waals surface area contributed by atoms with E-state index in [0.29, 0.717) is 12.3 Å². The number of fused-ring (bicyclic) bond motifs is 1. The summed E-state index contributed by atoms with van der Waals surface area (Å²) in [5.74, 6) is 0.175. The molecule has 0 saturated carbocycles. The summed E-state index contributed by atoms with van der Waals surface area (Å²) in [4.78, 5) is 20.4. The molecule has 1 amide bonds. The number of hydrogen-bond acceptors (Lipinski definition) is 5. The molecule has 3 N–H and O–H groups in total. The molecule has 0 bridgehead atoms. The van der Waals surface area contributed by atoms with Crippen molar-refractivity contribution in [3.8, 4) is 0 Å². The lowest BCUT2D eigenvalue weighted by Crippen LogP contribution is -2.49. The highest BCUT2D eigenvalue weighted by Crippen LogP contribution is 2.06. The van der Waals surface area contributed by atoms with Gasteiger partial charge in [0.25, 0.3) is 11.7 Å². The number of rotatable bonds is 3. The number of nitrogens with two attached hydrogens (primary N) is 1. The monoisotopic (exact) mass is 262 g/mol. The van der Waals surface area contributed by atoms with E-state index in [9.17, 15) is 4.79 Å². The Labute approximate surface area is 111 Å². The zero-order valence-electron chi connectivity index (χ0n) is 11.6. The summed E-state index contributed by atoms with van der Waals surface area (Å²) in [6.07, 6.45) is 0. The van der Waals surface area contributed by atoms with E-state index in [1.54, 1.807) is 4.52 Å². The molecule has 19 heavy (non-hydrogen) atoms. The first-order chi connectivity index (χ1) is 8.82. The van der Waals surface area contributed by atoms with E-state index >= 15 is 0 Å². The van der Waals surface area contributed by atoms with Gasteiger partial charge < -0.3 is 11.1 Å². The minimum Gasteiger partial charge on any atom is -0.343 e. The zero-order valence-corrected chi connectivity index (χ0v) is 11.6. The number of carbonyl (C=O) groups excluding carboxylic acids is 1. The molecule has 0 saturated heterocycles. The van der Waals surface area contributed by atoms with Gasteiger partial charge in [-0.3, -0.25) is 4.79 Å². The molecular formula is C12H18N6O. The van der Waals surface area contributed by atoms with E-state index in [1.807, 2.05) is 33.8 Å². The van der Waals surface area contributed by atoms with Crippen LogP contribution in [0.25, 0.3) is 5.78 Å². The van der Waals surface area contributed by atoms with E-state index in [-0.39, 0.29) is 11.7 Å². The minimum absolute atomic E-state index is 0.0997. The molecule has 102 valence electrons. The van der Waals surface area contributed by atoms with E-state index in [2.05, 4.69) is 20.4 Å². The van der Waals surface area contributed by atoms with Gasteiger partial charge in [-0.25, -0.2) is 9.50 Å². The van der Waals surface area contributed by atoms with E-state index in [1.165, 1.54) is 0 Å². The summed E-state index contributed by atoms with van der Waals surface area (Å²) in [6, 6.07) is 1.88. The third-order valence-corrected chi connectivity index (χ3v) is 2.78. The molecule has 2 rings (SSSR count). The zero-order chi connectivity index (χ0) is 14.2. The van der Waals surface area contributed by atoms with Gasteiger partial charge >= 0.3 is 0 Å². The number of nitrogens with one attached hydrogen (secondary N) is 1. The Morgan fingerprint density at radius 2 is 2.11 bits per heavy atom. The van der Waals surface area contributed by atoms with Gasteiger partial charge in [-0.1, -0.05) is 0 Å². The maximum absolute atomic E-state index is 12.1. The third-order valence-electron chi connectivity index (χ3n) is 2.78. The molecule has 7 nitrogen and oxygen atoms in total. The summed E-state index contributed by atoms with van der Waals surface area (Å²) in [6.45, 7) is 7.78. The molecule has 2 aromatic rings. The Morgan fingerprint density at radius 3 is 2.74 bits per heavy atom. The first-order valence-electron chi connectivity index (χ1n) is 6.06. The van der Waals surface area contributed by atoms with Gasteiger partial charge in [-0.2, -0.15) is 4.98 Å². The average molecular weight is 262 g/mol. The molecule has 2 aromatic heterocycles. The van der Waals surface area contributed by atoms with Gasteiger partial charge in [-0.05, 0) is 33.8 Å². The largest absolute Gasteiger partial charge is 0.343 e. The van der Waals surface area contributed by atoms with Gasteiger partial charge in [0.1, 0.15) is 0 Å². The van der Waals surface area contributed by atoms with Crippen molar-refractivity contribution in [1.82, 2.24) is 24.9 Å². The molecule has 0 aliphatic rings. The molecule has 0 aliphatic heterocycles. The summed E-state index contributed by atoms with van der Waals surface area (Å²) < 4.78 is 1.55. The first-order valence-corrected chi connectivity index (χ1v) is 6.06. The van der Waals surface area contributed by atoms with Gasteiger partial charge in [0.2, 0.25) is 5.82 Å². The van der Waals surface area contributed by atoms with Gasteiger partial charge in [-0.15, -0.1) is 5.10 Å². The Morgan fingerprint density at radius 1 is 1.42 bits per heavy atom. The van der Waals surface area contributed by atoms with Crippen molar-refractivity contribution in [3.63, 3.8) is 0 Å². The Kier molecular flexibility index (Phi) is 3.23. The molecule has 7 heteroatoms. The van der Waals surface area contributed by atoms with Crippen molar-refractivity contribution in [1.29, 1.82) is 0 Å². The second kappa shape index (κ2) is 4.58. The lowest BCUT2D eigenvalue weighted by Gasteiger charge is -2.23. The van der Waals surface area contributed by atoms with Crippen molar-refractivity contribution in [2.75, 3.05) is 6.54 Å². The van der Waals surface area contributed by atoms with Crippen molar-refractivity contribution < 1.29 is 4.79 Å². The SMILES string of the molecule is Cc1cc(C)n2nc(C(=O)NC(C)(C)CN)nc2n1. The molecule has 0 radical (unpaired) electrons. The second-order valence-corrected chi connectivity index (χ2v) is 5.23. The van der Waals surface area contributed by atoms with E-state index in [0.717, 1.165) is 11.4 Å². The molecule has 0 aromatic carbocycles. The van der Waals surface area contributed by atoms with Crippen LogP contribution in [0.4, 0.5) is 0 Å². The van der Waals surface area contributed by atoms with Crippen LogP contribution >= 0.6 is 0 Å². The summed E-state index contributed by atoms with van der Waals surface area (Å²) >= 11 is 0. The fourth-order valence-corrected chi connectivity index (χ4v) is 1.68. The molecule has 2 heterocycles. The number of carbonyl (C=O) groups is 1. The number of amides is 1. The number of aryl methyl sites for hydroxylation is 2. The first kappa shape index (κ1) is 13.4. The van der Waals surface area contributed by atoms with Crippen LogP contribution in [0.2, 0.25) is 0 Å². The molecule has 0 aliphatic carbocycles. The van der Waals surface area contributed by atoms with E-state index < -0.39 is 5.54 Å². The lowest BCUT2D eigenvalue weighted by molar-refractivity contribution is 0.0905. The third kappa shape index (κ3) is 2.70. The van der Waals surface area contributed by atoms with Crippen LogP contribution < -0.4 is 11.1 Å². The fourth-order valence-electron chi connectivity index (χ4n) is 1.68. The summed E-state index contributed by atoms with van der Waals surface area (Å²) in [5, 5.41) is 6.95. The van der Waals surface area contributed by atoms with E-state index in [4.69, 9.17) is 5.73 Å². The summed E-state index contributed by atoms with van der Waals surface area (Å²) in [7, 11) is 0. The predicted molar refractivity (Wildman–Crippen MR) is 70.9 cm³/mol. The van der Waals surface area contributed by atoms with Crippen LogP contribution in [0.15, 0.2) is 6.07 Å². The van der Waals surface area contributed by atoms with Crippen molar-refractivity contribution in [2.45, 2.75) is 33.2 Å². The van der Waals surface area contributed by atoms with Crippen LogP contribution in [-0.2, 0) is 0 Å². The normalized spacial score (nSPS) is 11.8. The van der Waals surface area contributed by atoms with Crippen LogP contribution in [0.5, 0.6) is 0 Å². The minimum atomic E-state index is -0.493. The molecule has 0 spiro atoms. The predicted octanol–water partition coefficient (Wildman–Crippen LogP) is 0.208. The average Bonchev–Trinajstić information content (AvgIpc) is 2.72. The standard InChI is InChI=1S/C12H18N6O/c1-7-5-8(2)18-11(14-7)15-9(17-18)10(19)16-12(3,4)6-13/h5H,6,13H2,1-4H3,(H,16,19). The van der Waals surface area contributed by atoms with Crippen LogP contribution in [0.3, 0.4) is 0 Å². The fraction of sp³-hybridized carbons (Fsp3) is 0.500. The molecular weight excluding hydrogens is 244 g/mol. The number of nitrogens with zero attached hydrogens (tertiary/aromatic N) is 4. The smallest absolute Gasteiger partial charge is 0.291 e. The highest BCUT2D eigenvalue weighted by atomic mass is 16.2. The Hall–Kier alpha value is -2.02. The van der Waals surface area contributed by atoms with Crippen molar-refractivity contribution >= 4 is 11.7 Å². The molecule has 0 fully saturated rings. The Bertz CT molecular complexity index is 630. The van der Waals surface area contributed by atoms with Crippen LogP contribution in [-0.4, -0.2) is 37.6 Å². The van der Waals surface area contributed by atoms with Gasteiger partial charge in [0, 0.05) is 23.5 Å². The summed E-state index contributed by atoms with van der Waals surface area (Å²) in [5.41, 5.74) is 6.81. The van der Waals surface area contributed by atoms with Crippen molar-refractivity contribution in [3.05, 3.63) is 23.3 Å². The van der Waals surface area contributed by atoms with Crippen LogP contribution in [0, 0.1) is 13.8 Å². The van der Waals surface area contributed by atoms with Gasteiger partial charge in [0.05, 0.1) is 0 Å². The van der Waals surface area contributed by atoms with Gasteiger partial charge in [0.15, 0.2) is 0 Å². The highest BCUT2D eigenvalue weighted by molar-refractivity contribution is 5.91. The second-order valence-electron chi connectivity index (χ2n) is 5.23. The number of hydrogen-bond donors (Lipinski definition) is 2. The van der Waals surface area contributed by atoms with Crippen molar-refractivity contribution in [2.24, 2.45) is 5.73 Å². The maximum atomic E-state index is 12.1. The topological polar surface area (TPSA) is 98.2 Å². The maximum Gasteiger partial charge on any atom is 0.291 e. The quantitative estimate of drug-likeness (QED) is 0.823. The van der Waals surface area contributed by atoms with Crippen LogP contribution in [0.1, 0.15) is 35.9 Å². The molecule has 0 atom stereocenters. The highest BCUT2D eigenvalue weighted by Gasteiger charge is 2.22. The Balaban J connectivity index is 2.36. The molecule has 0 unspecified atom stereocenters. The lowest BCUT2D eigenvalue weighted by atomic mass is 10.1.